The van der Waals surface area contributed by atoms with Gasteiger partial charge in [0.2, 0.25) is 11.8 Å². The van der Waals surface area contributed by atoms with Crippen molar-refractivity contribution in [2.45, 2.75) is 39.3 Å². The maximum absolute atomic E-state index is 12.3. The van der Waals surface area contributed by atoms with Gasteiger partial charge in [-0.25, -0.2) is 0 Å². The quantitative estimate of drug-likeness (QED) is 0.733. The van der Waals surface area contributed by atoms with Crippen LogP contribution >= 0.6 is 0 Å². The van der Waals surface area contributed by atoms with Crippen molar-refractivity contribution in [1.29, 1.82) is 0 Å². The fourth-order valence-electron chi connectivity index (χ4n) is 3.20. The summed E-state index contributed by atoms with van der Waals surface area (Å²) in [6.07, 6.45) is 0.953. The first-order valence-electron chi connectivity index (χ1n) is 9.90. The van der Waals surface area contributed by atoms with Crippen molar-refractivity contribution in [2.75, 3.05) is 46.4 Å². The van der Waals surface area contributed by atoms with Crippen molar-refractivity contribution in [3.8, 4) is 5.75 Å². The number of methoxy groups -OCH3 is 1. The summed E-state index contributed by atoms with van der Waals surface area (Å²) < 4.78 is 5.14. The lowest BCUT2D eigenvalue weighted by molar-refractivity contribution is -0.124. The van der Waals surface area contributed by atoms with Crippen LogP contribution in [0.5, 0.6) is 5.75 Å². The van der Waals surface area contributed by atoms with Gasteiger partial charge in [-0.05, 0) is 58.0 Å². The molecule has 0 unspecified atom stereocenters. The van der Waals surface area contributed by atoms with Gasteiger partial charge in [-0.1, -0.05) is 12.1 Å². The third-order valence-electron chi connectivity index (χ3n) is 4.58. The molecular weight excluding hydrogens is 356 g/mol. The van der Waals surface area contributed by atoms with Crippen molar-refractivity contribution in [1.82, 2.24) is 20.4 Å². The van der Waals surface area contributed by atoms with Crippen LogP contribution in [0, 0.1) is 0 Å². The molecule has 2 rings (SSSR count). The van der Waals surface area contributed by atoms with Crippen LogP contribution in [0.4, 0.5) is 0 Å². The molecule has 1 aromatic rings. The third kappa shape index (κ3) is 8.27. The zero-order valence-electron chi connectivity index (χ0n) is 17.6. The Kier molecular flexibility index (Phi) is 8.26. The number of nitrogens with one attached hydrogen (secondary N) is 2. The minimum absolute atomic E-state index is 0.0229. The van der Waals surface area contributed by atoms with Crippen molar-refractivity contribution >= 4 is 11.8 Å². The topological polar surface area (TPSA) is 73.9 Å². The molecule has 28 heavy (non-hydrogen) atoms. The van der Waals surface area contributed by atoms with Gasteiger partial charge in [0, 0.05) is 25.2 Å². The van der Waals surface area contributed by atoms with E-state index in [-0.39, 0.29) is 17.4 Å². The Labute approximate surface area is 168 Å². The van der Waals surface area contributed by atoms with Crippen LogP contribution in [0.25, 0.3) is 0 Å². The second-order valence-corrected chi connectivity index (χ2v) is 8.33. The summed E-state index contributed by atoms with van der Waals surface area (Å²) >= 11 is 0. The zero-order chi connectivity index (χ0) is 20.6. The molecule has 0 spiro atoms. The average molecular weight is 391 g/mol. The van der Waals surface area contributed by atoms with Gasteiger partial charge in [0.1, 0.15) is 5.75 Å². The number of hydrogen-bond acceptors (Lipinski definition) is 5. The van der Waals surface area contributed by atoms with Gasteiger partial charge >= 0.3 is 0 Å². The molecule has 2 N–H and O–H groups in total. The largest absolute Gasteiger partial charge is 0.497 e. The zero-order valence-corrected chi connectivity index (χ0v) is 17.6. The van der Waals surface area contributed by atoms with Gasteiger partial charge in [-0.15, -0.1) is 0 Å². The van der Waals surface area contributed by atoms with E-state index in [2.05, 4.69) is 20.4 Å². The predicted molar refractivity (Wildman–Crippen MR) is 110 cm³/mol. The molecule has 0 saturated carbocycles. The number of amides is 2. The number of carbonyl (C=O) groups excluding carboxylic acids is 2. The maximum atomic E-state index is 12.3. The predicted octanol–water partition coefficient (Wildman–Crippen LogP) is 1.23. The number of nitrogens with zero attached hydrogens (tertiary/aromatic N) is 2. The van der Waals surface area contributed by atoms with Crippen molar-refractivity contribution in [2.24, 2.45) is 0 Å². The van der Waals surface area contributed by atoms with E-state index in [0.29, 0.717) is 19.6 Å². The first kappa shape index (κ1) is 22.2. The Bertz CT molecular complexity index is 640. The fourth-order valence-corrected chi connectivity index (χ4v) is 3.20. The Hall–Kier alpha value is -2.12. The minimum Gasteiger partial charge on any atom is -0.497 e. The fraction of sp³-hybridized carbons (Fsp3) is 0.619. The summed E-state index contributed by atoms with van der Waals surface area (Å²) in [5, 5.41) is 5.98. The molecule has 0 bridgehead atoms. The number of hydrogen-bond donors (Lipinski definition) is 2. The monoisotopic (exact) mass is 390 g/mol. The average Bonchev–Trinajstić information content (AvgIpc) is 2.84. The first-order chi connectivity index (χ1) is 13.2. The molecular formula is C21H34N4O3. The van der Waals surface area contributed by atoms with Crippen LogP contribution in [0.15, 0.2) is 24.3 Å². The van der Waals surface area contributed by atoms with E-state index in [0.717, 1.165) is 43.9 Å². The molecule has 1 saturated heterocycles. The highest BCUT2D eigenvalue weighted by molar-refractivity contribution is 5.79. The number of ether oxygens (including phenoxy) is 1. The van der Waals surface area contributed by atoms with Crippen LogP contribution in [0.1, 0.15) is 32.8 Å². The highest BCUT2D eigenvalue weighted by Gasteiger charge is 2.20. The van der Waals surface area contributed by atoms with Crippen LogP contribution in [-0.4, -0.2) is 73.5 Å². The van der Waals surface area contributed by atoms with E-state index in [1.807, 2.05) is 45.0 Å². The number of carbonyl (C=O) groups is 2. The van der Waals surface area contributed by atoms with Crippen LogP contribution in [0.2, 0.25) is 0 Å². The lowest BCUT2D eigenvalue weighted by Gasteiger charge is -2.25. The number of rotatable bonds is 7. The molecule has 156 valence electrons. The molecule has 0 aliphatic carbocycles. The summed E-state index contributed by atoms with van der Waals surface area (Å²) in [6, 6.07) is 7.68. The summed E-state index contributed by atoms with van der Waals surface area (Å²) in [7, 11) is 1.64. The molecule has 7 nitrogen and oxygen atoms in total. The van der Waals surface area contributed by atoms with Crippen molar-refractivity contribution in [3.63, 3.8) is 0 Å². The van der Waals surface area contributed by atoms with Crippen molar-refractivity contribution < 1.29 is 14.3 Å². The second-order valence-electron chi connectivity index (χ2n) is 8.33. The summed E-state index contributed by atoms with van der Waals surface area (Å²) in [5.74, 6) is 0.883. The van der Waals surface area contributed by atoms with Gasteiger partial charge < -0.3 is 15.4 Å². The van der Waals surface area contributed by atoms with Gasteiger partial charge in [-0.3, -0.25) is 19.4 Å². The molecule has 7 heteroatoms. The lowest BCUT2D eigenvalue weighted by atomic mass is 10.1. The highest BCUT2D eigenvalue weighted by Crippen LogP contribution is 2.11. The van der Waals surface area contributed by atoms with E-state index >= 15 is 0 Å². The molecule has 0 atom stereocenters. The maximum Gasteiger partial charge on any atom is 0.234 e. The Morgan fingerprint density at radius 1 is 0.964 bits per heavy atom. The Balaban J connectivity index is 1.71. The molecule has 0 radical (unpaired) electrons. The molecule has 1 aromatic carbocycles. The molecule has 1 fully saturated rings. The van der Waals surface area contributed by atoms with Gasteiger partial charge in [0.25, 0.3) is 0 Å². The SMILES string of the molecule is COc1ccc(CNC(=O)CN2CCCN(CC(=O)NC(C)(C)C)CC2)cc1. The van der Waals surface area contributed by atoms with Crippen LogP contribution < -0.4 is 15.4 Å². The smallest absolute Gasteiger partial charge is 0.234 e. The molecule has 1 aliphatic rings. The summed E-state index contributed by atoms with van der Waals surface area (Å²) in [4.78, 5) is 28.7. The van der Waals surface area contributed by atoms with E-state index in [1.54, 1.807) is 7.11 Å². The first-order valence-corrected chi connectivity index (χ1v) is 9.90. The molecule has 0 aromatic heterocycles. The second kappa shape index (κ2) is 10.4. The Morgan fingerprint density at radius 2 is 1.54 bits per heavy atom. The summed E-state index contributed by atoms with van der Waals surface area (Å²) in [5.41, 5.74) is 0.831. The van der Waals surface area contributed by atoms with Crippen LogP contribution in [-0.2, 0) is 16.1 Å². The van der Waals surface area contributed by atoms with Gasteiger partial charge in [0.05, 0.1) is 20.2 Å². The standard InChI is InChI=1S/C21H34N4O3/c1-21(2,3)23-20(27)16-25-11-5-10-24(12-13-25)15-19(26)22-14-17-6-8-18(28-4)9-7-17/h6-9H,5,10-16H2,1-4H3,(H,22,26)(H,23,27). The summed E-state index contributed by atoms with van der Waals surface area (Å²) in [6.45, 7) is 10.6. The minimum atomic E-state index is -0.211. The van der Waals surface area contributed by atoms with Gasteiger partial charge in [-0.2, -0.15) is 0 Å². The van der Waals surface area contributed by atoms with E-state index in [4.69, 9.17) is 4.74 Å². The van der Waals surface area contributed by atoms with Gasteiger partial charge in [0.15, 0.2) is 0 Å². The highest BCUT2D eigenvalue weighted by atomic mass is 16.5. The van der Waals surface area contributed by atoms with Crippen LogP contribution in [0.3, 0.4) is 0 Å². The lowest BCUT2D eigenvalue weighted by Crippen LogP contribution is -2.46. The molecule has 2 amide bonds. The Morgan fingerprint density at radius 3 is 2.07 bits per heavy atom. The van der Waals surface area contributed by atoms with E-state index < -0.39 is 0 Å². The number of benzene rings is 1. The third-order valence-corrected chi connectivity index (χ3v) is 4.58. The van der Waals surface area contributed by atoms with Crippen molar-refractivity contribution in [3.05, 3.63) is 29.8 Å². The molecule has 1 heterocycles. The normalized spacial score (nSPS) is 16.3. The molecule has 1 aliphatic heterocycles. The van der Waals surface area contributed by atoms with E-state index in [1.165, 1.54) is 0 Å². The van der Waals surface area contributed by atoms with E-state index in [9.17, 15) is 9.59 Å².